The number of ether oxygens (including phenoxy) is 1. The highest BCUT2D eigenvalue weighted by molar-refractivity contribution is 14.0. The number of hydrogen-bond acceptors (Lipinski definition) is 5. The lowest BCUT2D eigenvalue weighted by atomic mass is 10.1. The number of nitrogens with zero attached hydrogens (tertiary/aromatic N) is 3. The van der Waals surface area contributed by atoms with E-state index in [0.717, 1.165) is 49.4 Å². The number of aromatic nitrogens is 1. The summed E-state index contributed by atoms with van der Waals surface area (Å²) in [5, 5.41) is 9.98. The third-order valence-electron chi connectivity index (χ3n) is 4.97. The third-order valence-corrected chi connectivity index (χ3v) is 5.84. The molecule has 2 N–H and O–H groups in total. The topological polar surface area (TPSA) is 61.8 Å². The highest BCUT2D eigenvalue weighted by Crippen LogP contribution is 2.17. The summed E-state index contributed by atoms with van der Waals surface area (Å²) < 4.78 is 5.64. The summed E-state index contributed by atoms with van der Waals surface area (Å²) in [5.41, 5.74) is 3.75. The Morgan fingerprint density at radius 1 is 1.30 bits per heavy atom. The molecule has 0 amide bonds. The molecule has 1 aliphatic rings. The Morgan fingerprint density at radius 2 is 2.07 bits per heavy atom. The monoisotopic (exact) mass is 543 g/mol. The number of guanidine groups is 1. The van der Waals surface area contributed by atoms with E-state index in [4.69, 9.17) is 4.74 Å². The molecule has 1 fully saturated rings. The van der Waals surface area contributed by atoms with Gasteiger partial charge in [0.2, 0.25) is 0 Å². The number of rotatable bonds is 7. The summed E-state index contributed by atoms with van der Waals surface area (Å²) in [7, 11) is 1.80. The van der Waals surface area contributed by atoms with Gasteiger partial charge in [0.15, 0.2) is 5.96 Å². The third kappa shape index (κ3) is 7.79. The van der Waals surface area contributed by atoms with Crippen molar-refractivity contribution in [3.8, 4) is 0 Å². The fourth-order valence-corrected chi connectivity index (χ4v) is 4.26. The van der Waals surface area contributed by atoms with Gasteiger partial charge in [0.05, 0.1) is 24.9 Å². The molecule has 1 unspecified atom stereocenters. The van der Waals surface area contributed by atoms with Crippen molar-refractivity contribution in [2.24, 2.45) is 4.99 Å². The van der Waals surface area contributed by atoms with Crippen LogP contribution in [0.15, 0.2) is 34.6 Å². The van der Waals surface area contributed by atoms with Crippen molar-refractivity contribution < 1.29 is 4.74 Å². The van der Waals surface area contributed by atoms with E-state index in [-0.39, 0.29) is 24.0 Å². The predicted octanol–water partition coefficient (Wildman–Crippen LogP) is 3.97. The van der Waals surface area contributed by atoms with Crippen LogP contribution in [-0.2, 0) is 24.4 Å². The minimum Gasteiger partial charge on any atom is -0.376 e. The second-order valence-corrected chi connectivity index (χ2v) is 8.78. The van der Waals surface area contributed by atoms with E-state index >= 15 is 0 Å². The maximum atomic E-state index is 5.64. The number of morpholine rings is 1. The minimum atomic E-state index is 0. The zero-order chi connectivity index (χ0) is 20.6. The standard InChI is InChI=1S/C22H33N5OS.HI/c1-16(2)20-15-29-21(26-20)12-25-22(23-4)24-11-18-6-5-7-19(10-18)14-27-8-9-28-17(3)13-27;/h5-7,10,15-17H,8-9,11-14H2,1-4H3,(H2,23,24,25);1H. The van der Waals surface area contributed by atoms with Gasteiger partial charge in [-0.15, -0.1) is 35.3 Å². The molecular formula is C22H34IN5OS. The van der Waals surface area contributed by atoms with Gasteiger partial charge in [0.25, 0.3) is 0 Å². The van der Waals surface area contributed by atoms with Crippen molar-refractivity contribution >= 4 is 41.3 Å². The Kier molecular flexibility index (Phi) is 10.5. The van der Waals surface area contributed by atoms with Crippen LogP contribution in [0.1, 0.15) is 48.5 Å². The molecule has 2 heterocycles. The molecule has 166 valence electrons. The van der Waals surface area contributed by atoms with Gasteiger partial charge in [0.1, 0.15) is 5.01 Å². The van der Waals surface area contributed by atoms with E-state index in [1.165, 1.54) is 11.1 Å². The zero-order valence-corrected chi connectivity index (χ0v) is 21.5. The maximum Gasteiger partial charge on any atom is 0.191 e. The average molecular weight is 544 g/mol. The number of benzene rings is 1. The molecule has 0 radical (unpaired) electrons. The molecule has 1 aromatic carbocycles. The van der Waals surface area contributed by atoms with Crippen LogP contribution >= 0.6 is 35.3 Å². The van der Waals surface area contributed by atoms with Gasteiger partial charge in [0, 0.05) is 38.6 Å². The number of aliphatic imine (C=N–C) groups is 1. The average Bonchev–Trinajstić information content (AvgIpc) is 3.18. The molecule has 6 nitrogen and oxygen atoms in total. The Labute approximate surface area is 201 Å². The first kappa shape index (κ1) is 25.0. The molecule has 1 aliphatic heterocycles. The number of nitrogens with one attached hydrogen (secondary N) is 2. The quantitative estimate of drug-likeness (QED) is 0.315. The van der Waals surface area contributed by atoms with Crippen LogP contribution in [-0.4, -0.2) is 48.7 Å². The van der Waals surface area contributed by atoms with Crippen LogP contribution in [0.5, 0.6) is 0 Å². The van der Waals surface area contributed by atoms with Gasteiger partial charge in [-0.3, -0.25) is 9.89 Å². The Morgan fingerprint density at radius 3 is 2.77 bits per heavy atom. The van der Waals surface area contributed by atoms with Crippen LogP contribution in [0.4, 0.5) is 0 Å². The normalized spacial score (nSPS) is 17.6. The first-order valence-corrected chi connectivity index (χ1v) is 11.2. The summed E-state index contributed by atoms with van der Waals surface area (Å²) in [6.45, 7) is 11.7. The molecule has 2 aromatic rings. The molecule has 1 saturated heterocycles. The van der Waals surface area contributed by atoms with E-state index in [0.29, 0.717) is 18.6 Å². The van der Waals surface area contributed by atoms with Crippen LogP contribution < -0.4 is 10.6 Å². The van der Waals surface area contributed by atoms with Gasteiger partial charge >= 0.3 is 0 Å². The van der Waals surface area contributed by atoms with E-state index in [1.54, 1.807) is 18.4 Å². The van der Waals surface area contributed by atoms with E-state index < -0.39 is 0 Å². The van der Waals surface area contributed by atoms with Gasteiger partial charge in [-0.1, -0.05) is 38.1 Å². The molecule has 0 saturated carbocycles. The Hall–Kier alpha value is -1.23. The molecular weight excluding hydrogens is 509 g/mol. The van der Waals surface area contributed by atoms with E-state index in [1.807, 2.05) is 0 Å². The molecule has 0 aliphatic carbocycles. The smallest absolute Gasteiger partial charge is 0.191 e. The van der Waals surface area contributed by atoms with Gasteiger partial charge < -0.3 is 15.4 Å². The van der Waals surface area contributed by atoms with Crippen molar-refractivity contribution in [1.29, 1.82) is 0 Å². The lowest BCUT2D eigenvalue weighted by Gasteiger charge is -2.31. The summed E-state index contributed by atoms with van der Waals surface area (Å²) >= 11 is 1.69. The largest absolute Gasteiger partial charge is 0.376 e. The first-order valence-electron chi connectivity index (χ1n) is 10.3. The van der Waals surface area contributed by atoms with E-state index in [2.05, 4.69) is 75.9 Å². The summed E-state index contributed by atoms with van der Waals surface area (Å²) in [6, 6.07) is 8.76. The zero-order valence-electron chi connectivity index (χ0n) is 18.4. The van der Waals surface area contributed by atoms with Crippen LogP contribution in [0.3, 0.4) is 0 Å². The first-order chi connectivity index (χ1) is 14.0. The number of thiazole rings is 1. The van der Waals surface area contributed by atoms with Crippen molar-refractivity contribution in [1.82, 2.24) is 20.5 Å². The van der Waals surface area contributed by atoms with Gasteiger partial charge in [-0.05, 0) is 24.0 Å². The molecule has 1 atom stereocenters. The van der Waals surface area contributed by atoms with Gasteiger partial charge in [-0.2, -0.15) is 0 Å². The predicted molar refractivity (Wildman–Crippen MR) is 136 cm³/mol. The SMILES string of the molecule is CN=C(NCc1cccc(CN2CCOC(C)C2)c1)NCc1nc(C(C)C)cs1.I. The second-order valence-electron chi connectivity index (χ2n) is 7.84. The minimum absolute atomic E-state index is 0. The fraction of sp³-hybridized carbons (Fsp3) is 0.545. The molecule has 8 heteroatoms. The molecule has 30 heavy (non-hydrogen) atoms. The lowest BCUT2D eigenvalue weighted by molar-refractivity contribution is -0.0212. The fourth-order valence-electron chi connectivity index (χ4n) is 3.37. The van der Waals surface area contributed by atoms with Crippen molar-refractivity contribution in [2.75, 3.05) is 26.7 Å². The molecule has 0 bridgehead atoms. The van der Waals surface area contributed by atoms with Crippen molar-refractivity contribution in [2.45, 2.75) is 52.4 Å². The van der Waals surface area contributed by atoms with Crippen molar-refractivity contribution in [3.63, 3.8) is 0 Å². The molecule has 1 aromatic heterocycles. The highest BCUT2D eigenvalue weighted by Gasteiger charge is 2.16. The molecule has 3 rings (SSSR count). The maximum absolute atomic E-state index is 5.64. The summed E-state index contributed by atoms with van der Waals surface area (Å²) in [5.74, 6) is 1.25. The molecule has 0 spiro atoms. The Bertz CT molecular complexity index is 810. The second kappa shape index (κ2) is 12.6. The van der Waals surface area contributed by atoms with Crippen molar-refractivity contribution in [3.05, 3.63) is 51.5 Å². The van der Waals surface area contributed by atoms with E-state index in [9.17, 15) is 0 Å². The number of halogens is 1. The highest BCUT2D eigenvalue weighted by atomic mass is 127. The summed E-state index contributed by atoms with van der Waals surface area (Å²) in [6.07, 6.45) is 0.317. The lowest BCUT2D eigenvalue weighted by Crippen LogP contribution is -2.40. The van der Waals surface area contributed by atoms with Crippen LogP contribution in [0.2, 0.25) is 0 Å². The number of hydrogen-bond donors (Lipinski definition) is 2. The summed E-state index contributed by atoms with van der Waals surface area (Å²) in [4.78, 5) is 11.5. The Balaban J connectivity index is 0.00000320. The van der Waals surface area contributed by atoms with Crippen LogP contribution in [0.25, 0.3) is 0 Å². The van der Waals surface area contributed by atoms with Crippen LogP contribution in [0, 0.1) is 0 Å². The van der Waals surface area contributed by atoms with Gasteiger partial charge in [-0.25, -0.2) is 4.98 Å².